The molecule has 0 spiro atoms. The smallest absolute Gasteiger partial charge is 0.374 e. The van der Waals surface area contributed by atoms with E-state index in [1.54, 1.807) is 31.2 Å². The van der Waals surface area contributed by atoms with Gasteiger partial charge in [-0.05, 0) is 36.3 Å². The van der Waals surface area contributed by atoms with Crippen LogP contribution in [0.2, 0.25) is 0 Å². The summed E-state index contributed by atoms with van der Waals surface area (Å²) in [4.78, 5) is 40.2. The van der Waals surface area contributed by atoms with Crippen LogP contribution in [0, 0.1) is 0 Å². The van der Waals surface area contributed by atoms with Crippen molar-refractivity contribution in [2.45, 2.75) is 24.8 Å². The molecule has 0 saturated carbocycles. The second-order valence-corrected chi connectivity index (χ2v) is 8.72. The highest BCUT2D eigenvalue weighted by Crippen LogP contribution is 2.39. The topological polar surface area (TPSA) is 100 Å². The monoisotopic (exact) mass is 515 g/mol. The van der Waals surface area contributed by atoms with Crippen molar-refractivity contribution in [1.82, 2.24) is 5.32 Å². The maximum absolute atomic E-state index is 13.9. The summed E-state index contributed by atoms with van der Waals surface area (Å²) >= 11 is 0. The van der Waals surface area contributed by atoms with Crippen LogP contribution in [0.5, 0.6) is 11.5 Å². The predicted molar refractivity (Wildman–Crippen MR) is 140 cm³/mol. The van der Waals surface area contributed by atoms with Crippen LogP contribution in [0.4, 0.5) is 0 Å². The fourth-order valence-electron chi connectivity index (χ4n) is 4.48. The van der Waals surface area contributed by atoms with Crippen LogP contribution in [-0.4, -0.2) is 44.2 Å². The highest BCUT2D eigenvalue weighted by atomic mass is 16.6. The van der Waals surface area contributed by atoms with E-state index in [0.29, 0.717) is 17.1 Å². The molecule has 2 atom stereocenters. The molecule has 0 aliphatic carbocycles. The molecule has 8 nitrogen and oxygen atoms in total. The minimum absolute atomic E-state index is 0.103. The average molecular weight is 516 g/mol. The lowest BCUT2D eigenvalue weighted by Crippen LogP contribution is -2.62. The van der Waals surface area contributed by atoms with Gasteiger partial charge in [0.25, 0.3) is 5.91 Å². The number of amides is 1. The standard InChI is InChI=1S/C30H29NO7/c1-4-37-28(33)26-18-25(21-13-9-6-10-14-21)30(29(34)38-26,19-20-11-7-5-8-12-20)31-27(32)22-15-23(35-2)17-24(16-22)36-3/h5-18,25H,4,19H2,1-3H3,(H,31,32)/t25-,30+/m0/s1. The number of carbonyl (C=O) groups is 3. The van der Waals surface area contributed by atoms with E-state index in [4.69, 9.17) is 18.9 Å². The molecule has 1 heterocycles. The molecular formula is C30H29NO7. The van der Waals surface area contributed by atoms with Gasteiger partial charge in [0.15, 0.2) is 5.54 Å². The molecule has 1 amide bonds. The van der Waals surface area contributed by atoms with Gasteiger partial charge in [-0.3, -0.25) is 4.79 Å². The zero-order chi connectivity index (χ0) is 27.1. The Bertz CT molecular complexity index is 1310. The number of hydrogen-bond donors (Lipinski definition) is 1. The Morgan fingerprint density at radius 1 is 0.921 bits per heavy atom. The summed E-state index contributed by atoms with van der Waals surface area (Å²) in [5.41, 5.74) is 0.146. The summed E-state index contributed by atoms with van der Waals surface area (Å²) in [5, 5.41) is 2.97. The Morgan fingerprint density at radius 2 is 1.53 bits per heavy atom. The van der Waals surface area contributed by atoms with E-state index in [-0.39, 0.29) is 24.4 Å². The SMILES string of the molecule is CCOC(=O)C1=C[C@@H](c2ccccc2)[C@@](Cc2ccccc2)(NC(=O)c2cc(OC)cc(OC)c2)C(=O)O1. The number of ether oxygens (including phenoxy) is 4. The number of rotatable bonds is 9. The van der Waals surface area contributed by atoms with Crippen LogP contribution in [0.1, 0.15) is 34.3 Å². The third kappa shape index (κ3) is 5.54. The number of nitrogens with one attached hydrogen (secondary N) is 1. The molecule has 1 aliphatic heterocycles. The second-order valence-electron chi connectivity index (χ2n) is 8.72. The molecule has 3 aromatic carbocycles. The summed E-state index contributed by atoms with van der Waals surface area (Å²) in [6, 6.07) is 23.2. The summed E-state index contributed by atoms with van der Waals surface area (Å²) in [6.07, 6.45) is 1.65. The number of esters is 2. The van der Waals surface area contributed by atoms with E-state index in [2.05, 4.69) is 5.32 Å². The van der Waals surface area contributed by atoms with Crippen molar-refractivity contribution < 1.29 is 33.3 Å². The Kier molecular flexibility index (Phi) is 8.11. The molecule has 38 heavy (non-hydrogen) atoms. The van der Waals surface area contributed by atoms with Crippen LogP contribution in [0.25, 0.3) is 0 Å². The van der Waals surface area contributed by atoms with Crippen LogP contribution in [-0.2, 0) is 25.5 Å². The maximum Gasteiger partial charge on any atom is 0.374 e. The van der Waals surface area contributed by atoms with E-state index in [1.165, 1.54) is 14.2 Å². The molecule has 0 unspecified atom stereocenters. The Hall–Kier alpha value is -4.59. The van der Waals surface area contributed by atoms with Gasteiger partial charge < -0.3 is 24.3 Å². The first-order valence-corrected chi connectivity index (χ1v) is 12.2. The van der Waals surface area contributed by atoms with Crippen molar-refractivity contribution >= 4 is 17.8 Å². The van der Waals surface area contributed by atoms with Gasteiger partial charge in [-0.1, -0.05) is 60.7 Å². The first kappa shape index (κ1) is 26.5. The number of methoxy groups -OCH3 is 2. The van der Waals surface area contributed by atoms with Crippen LogP contribution in [0.3, 0.4) is 0 Å². The van der Waals surface area contributed by atoms with Crippen LogP contribution >= 0.6 is 0 Å². The fourth-order valence-corrected chi connectivity index (χ4v) is 4.48. The molecule has 3 aromatic rings. The summed E-state index contributed by atoms with van der Waals surface area (Å²) in [5.74, 6) is -2.19. The lowest BCUT2D eigenvalue weighted by Gasteiger charge is -2.41. The summed E-state index contributed by atoms with van der Waals surface area (Å²) in [7, 11) is 2.97. The molecular weight excluding hydrogens is 486 g/mol. The molecule has 0 aromatic heterocycles. The van der Waals surface area contributed by atoms with E-state index in [1.807, 2.05) is 60.7 Å². The first-order chi connectivity index (χ1) is 18.4. The van der Waals surface area contributed by atoms with Gasteiger partial charge in [0.2, 0.25) is 5.76 Å². The lowest BCUT2D eigenvalue weighted by atomic mass is 9.73. The molecule has 196 valence electrons. The summed E-state index contributed by atoms with van der Waals surface area (Å²) in [6.45, 7) is 1.79. The first-order valence-electron chi connectivity index (χ1n) is 12.2. The van der Waals surface area contributed by atoms with E-state index >= 15 is 0 Å². The van der Waals surface area contributed by atoms with Gasteiger partial charge >= 0.3 is 11.9 Å². The van der Waals surface area contributed by atoms with Gasteiger partial charge in [0.1, 0.15) is 11.5 Å². The average Bonchev–Trinajstić information content (AvgIpc) is 2.95. The van der Waals surface area contributed by atoms with Crippen molar-refractivity contribution in [3.8, 4) is 11.5 Å². The van der Waals surface area contributed by atoms with Crippen LogP contribution < -0.4 is 14.8 Å². The molecule has 0 radical (unpaired) electrons. The van der Waals surface area contributed by atoms with Gasteiger partial charge in [-0.25, -0.2) is 9.59 Å². The molecule has 4 rings (SSSR count). The Morgan fingerprint density at radius 3 is 2.11 bits per heavy atom. The highest BCUT2D eigenvalue weighted by molar-refractivity contribution is 6.01. The molecule has 8 heteroatoms. The number of cyclic esters (lactones) is 1. The van der Waals surface area contributed by atoms with Gasteiger partial charge in [-0.2, -0.15) is 0 Å². The summed E-state index contributed by atoms with van der Waals surface area (Å²) < 4.78 is 21.3. The van der Waals surface area contributed by atoms with Crippen molar-refractivity contribution in [1.29, 1.82) is 0 Å². The van der Waals surface area contributed by atoms with Crippen LogP contribution in [0.15, 0.2) is 90.7 Å². The van der Waals surface area contributed by atoms with Crippen molar-refractivity contribution in [3.63, 3.8) is 0 Å². The van der Waals surface area contributed by atoms with Gasteiger partial charge in [0.05, 0.1) is 20.8 Å². The number of benzene rings is 3. The van der Waals surface area contributed by atoms with E-state index < -0.39 is 29.3 Å². The third-order valence-corrected chi connectivity index (χ3v) is 6.33. The third-order valence-electron chi connectivity index (χ3n) is 6.33. The highest BCUT2D eigenvalue weighted by Gasteiger charge is 2.52. The Labute approximate surface area is 221 Å². The van der Waals surface area contributed by atoms with E-state index in [9.17, 15) is 14.4 Å². The lowest BCUT2D eigenvalue weighted by molar-refractivity contribution is -0.157. The van der Waals surface area contributed by atoms with E-state index in [0.717, 1.165) is 5.56 Å². The fraction of sp³-hybridized carbons (Fsp3) is 0.233. The maximum atomic E-state index is 13.9. The second kappa shape index (κ2) is 11.6. The largest absolute Gasteiger partial charge is 0.497 e. The van der Waals surface area contributed by atoms with Gasteiger partial charge in [0, 0.05) is 24.0 Å². The zero-order valence-corrected chi connectivity index (χ0v) is 21.4. The normalized spacial score (nSPS) is 18.6. The van der Waals surface area contributed by atoms with Crippen molar-refractivity contribution in [2.75, 3.05) is 20.8 Å². The molecule has 1 N–H and O–H groups in total. The van der Waals surface area contributed by atoms with Crippen molar-refractivity contribution in [3.05, 3.63) is 107 Å². The minimum atomic E-state index is -1.59. The molecule has 0 saturated heterocycles. The Balaban J connectivity index is 1.87. The quantitative estimate of drug-likeness (QED) is 0.426. The molecule has 0 fully saturated rings. The molecule has 1 aliphatic rings. The van der Waals surface area contributed by atoms with Gasteiger partial charge in [-0.15, -0.1) is 0 Å². The number of carbonyl (C=O) groups excluding carboxylic acids is 3. The van der Waals surface area contributed by atoms with Crippen molar-refractivity contribution in [2.24, 2.45) is 0 Å². The number of hydrogen-bond acceptors (Lipinski definition) is 7. The minimum Gasteiger partial charge on any atom is -0.497 e. The zero-order valence-electron chi connectivity index (χ0n) is 21.4. The predicted octanol–water partition coefficient (Wildman–Crippen LogP) is 4.20. The molecule has 0 bridgehead atoms.